The number of benzene rings is 1. The van der Waals surface area contributed by atoms with Crippen LogP contribution in [0.25, 0.3) is 0 Å². The molecule has 0 amide bonds. The molecule has 0 unspecified atom stereocenters. The fraction of sp³-hybridized carbons (Fsp3) is 0.650. The first-order valence-corrected chi connectivity index (χ1v) is 13.3. The van der Waals surface area contributed by atoms with Crippen LogP contribution in [0, 0.1) is 16.7 Å². The molecule has 2 atom stereocenters. The molecule has 10 heteroatoms. The number of carbonyl (C=O) groups excluding carboxylic acids is 1. The van der Waals surface area contributed by atoms with Crippen LogP contribution in [0.5, 0.6) is 0 Å². The van der Waals surface area contributed by atoms with Crippen LogP contribution < -0.4 is 4.72 Å². The number of sulfonamides is 2. The summed E-state index contributed by atoms with van der Waals surface area (Å²) < 4.78 is 60.3. The van der Waals surface area contributed by atoms with Gasteiger partial charge in [0.1, 0.15) is 5.78 Å². The maximum atomic E-state index is 12.9. The van der Waals surface area contributed by atoms with E-state index in [9.17, 15) is 21.6 Å². The average Bonchev–Trinajstić information content (AvgIpc) is 3.02. The predicted octanol–water partition coefficient (Wildman–Crippen LogP) is 1.84. The van der Waals surface area contributed by atoms with Crippen molar-refractivity contribution >= 4 is 31.5 Å². The minimum absolute atomic E-state index is 0.0427. The number of Topliss-reactive ketones (excluding diaryl/α,β-unsaturated/α-hetero) is 1. The van der Waals surface area contributed by atoms with E-state index in [1.54, 1.807) is 0 Å². The molecule has 1 aliphatic heterocycles. The van der Waals surface area contributed by atoms with E-state index in [0.29, 0.717) is 39.1 Å². The summed E-state index contributed by atoms with van der Waals surface area (Å²) in [4.78, 5) is 12.7. The van der Waals surface area contributed by atoms with Gasteiger partial charge < -0.3 is 4.74 Å². The van der Waals surface area contributed by atoms with Gasteiger partial charge in [0.15, 0.2) is 0 Å². The molecule has 1 heterocycles. The quantitative estimate of drug-likeness (QED) is 0.700. The molecule has 30 heavy (non-hydrogen) atoms. The summed E-state index contributed by atoms with van der Waals surface area (Å²) in [6, 6.07) is 5.69. The molecule has 2 bridgehead atoms. The number of morpholine rings is 1. The van der Waals surface area contributed by atoms with Crippen LogP contribution in [0.3, 0.4) is 0 Å². The predicted molar refractivity (Wildman–Crippen MR) is 112 cm³/mol. The second-order valence-corrected chi connectivity index (χ2v) is 12.7. The summed E-state index contributed by atoms with van der Waals surface area (Å²) in [6.45, 7) is 5.30. The summed E-state index contributed by atoms with van der Waals surface area (Å²) in [6.07, 6.45) is 1.93. The third kappa shape index (κ3) is 3.47. The van der Waals surface area contributed by atoms with E-state index >= 15 is 0 Å². The summed E-state index contributed by atoms with van der Waals surface area (Å²) in [7, 11) is -7.42. The maximum absolute atomic E-state index is 12.9. The highest BCUT2D eigenvalue weighted by Crippen LogP contribution is 2.64. The summed E-state index contributed by atoms with van der Waals surface area (Å²) in [5.74, 6) is 0.0434. The van der Waals surface area contributed by atoms with Crippen molar-refractivity contribution in [2.24, 2.45) is 16.7 Å². The number of nitrogens with zero attached hydrogens (tertiary/aromatic N) is 1. The molecule has 0 aromatic heterocycles. The van der Waals surface area contributed by atoms with E-state index in [4.69, 9.17) is 4.74 Å². The lowest BCUT2D eigenvalue weighted by Crippen LogP contribution is -2.43. The number of carbonyl (C=O) groups is 1. The highest BCUT2D eigenvalue weighted by molar-refractivity contribution is 7.92. The van der Waals surface area contributed by atoms with E-state index in [1.807, 2.05) is 13.8 Å². The third-order valence-electron chi connectivity index (χ3n) is 7.31. The van der Waals surface area contributed by atoms with Gasteiger partial charge in [0.2, 0.25) is 20.0 Å². The van der Waals surface area contributed by atoms with Crippen LogP contribution >= 0.6 is 0 Å². The van der Waals surface area contributed by atoms with E-state index in [-0.39, 0.29) is 33.5 Å². The Labute approximate surface area is 178 Å². The normalized spacial score (nSPS) is 29.3. The minimum atomic E-state index is -3.78. The molecule has 3 aliphatic rings. The topological polar surface area (TPSA) is 110 Å². The Balaban J connectivity index is 1.50. The second kappa shape index (κ2) is 7.29. The van der Waals surface area contributed by atoms with Gasteiger partial charge >= 0.3 is 0 Å². The Morgan fingerprint density at radius 3 is 2.27 bits per heavy atom. The molecule has 1 aromatic carbocycles. The zero-order valence-corrected chi connectivity index (χ0v) is 18.9. The highest BCUT2D eigenvalue weighted by atomic mass is 32.2. The van der Waals surface area contributed by atoms with Crippen molar-refractivity contribution in [3.8, 4) is 0 Å². The lowest BCUT2D eigenvalue weighted by Gasteiger charge is -2.36. The summed E-state index contributed by atoms with van der Waals surface area (Å²) in [5.41, 5.74) is -0.900. The lowest BCUT2D eigenvalue weighted by atomic mass is 9.70. The van der Waals surface area contributed by atoms with E-state index in [0.717, 1.165) is 6.42 Å². The molecule has 1 saturated heterocycles. The van der Waals surface area contributed by atoms with Gasteiger partial charge in [-0.3, -0.25) is 9.52 Å². The monoisotopic (exact) mass is 456 g/mol. The highest BCUT2D eigenvalue weighted by Gasteiger charge is 2.65. The van der Waals surface area contributed by atoms with E-state index in [2.05, 4.69) is 4.72 Å². The van der Waals surface area contributed by atoms with Crippen LogP contribution in [0.4, 0.5) is 5.69 Å². The van der Waals surface area contributed by atoms with Crippen LogP contribution in [0.2, 0.25) is 0 Å². The number of fused-ring (bicyclic) bond motifs is 2. The van der Waals surface area contributed by atoms with Gasteiger partial charge in [0.25, 0.3) is 0 Å². The molecule has 1 aromatic rings. The Hall–Kier alpha value is -1.49. The van der Waals surface area contributed by atoms with Crippen molar-refractivity contribution < 1.29 is 26.4 Å². The molecular formula is C20H28N2O6S2. The Kier molecular flexibility index (Phi) is 5.28. The van der Waals surface area contributed by atoms with Gasteiger partial charge in [0, 0.05) is 25.2 Å². The lowest BCUT2D eigenvalue weighted by molar-refractivity contribution is -0.128. The van der Waals surface area contributed by atoms with Gasteiger partial charge in [-0.05, 0) is 48.4 Å². The van der Waals surface area contributed by atoms with Crippen molar-refractivity contribution in [1.82, 2.24) is 4.31 Å². The smallest absolute Gasteiger partial charge is 0.243 e. The van der Waals surface area contributed by atoms with Crippen LogP contribution in [0.1, 0.15) is 33.1 Å². The number of hydrogen-bond donors (Lipinski definition) is 1. The molecular weight excluding hydrogens is 428 g/mol. The average molecular weight is 457 g/mol. The number of nitrogens with one attached hydrogen (secondary N) is 1. The number of ketones is 1. The van der Waals surface area contributed by atoms with Crippen molar-refractivity contribution in [1.29, 1.82) is 0 Å². The molecule has 0 radical (unpaired) electrons. The number of anilines is 1. The van der Waals surface area contributed by atoms with Crippen molar-refractivity contribution in [3.63, 3.8) is 0 Å². The number of ether oxygens (including phenoxy) is 1. The standard InChI is InChI=1S/C20H28N2O6S2/c1-19(2)15-7-8-20(19,18(23)13-15)14-29(24,25)21-16-3-5-17(6-4-16)30(26,27)22-9-11-28-12-10-22/h3-6,15,21H,7-14H2,1-2H3/t15-,20+/m1/s1. The fourth-order valence-corrected chi connectivity index (χ4v) is 8.58. The largest absolute Gasteiger partial charge is 0.379 e. The van der Waals surface area contributed by atoms with Gasteiger partial charge in [-0.15, -0.1) is 0 Å². The van der Waals surface area contributed by atoms with Gasteiger partial charge in [-0.25, -0.2) is 16.8 Å². The van der Waals surface area contributed by atoms with Crippen molar-refractivity contribution in [3.05, 3.63) is 24.3 Å². The SMILES string of the molecule is CC1(C)[C@@H]2CC[C@]1(CS(=O)(=O)Nc1ccc(S(=O)(=O)N3CCOCC3)cc1)C(=O)C2. The second-order valence-electron chi connectivity index (χ2n) is 9.07. The Bertz CT molecular complexity index is 1040. The summed E-state index contributed by atoms with van der Waals surface area (Å²) >= 11 is 0. The first kappa shape index (κ1) is 21.7. The van der Waals surface area contributed by atoms with Crippen molar-refractivity contribution in [2.45, 2.75) is 38.0 Å². The van der Waals surface area contributed by atoms with E-state index < -0.39 is 25.5 Å². The molecule has 4 rings (SSSR count). The van der Waals surface area contributed by atoms with Crippen LogP contribution in [-0.4, -0.2) is 59.0 Å². The number of rotatable bonds is 6. The van der Waals surface area contributed by atoms with Crippen molar-refractivity contribution in [2.75, 3.05) is 36.8 Å². The molecule has 1 N–H and O–H groups in total. The van der Waals surface area contributed by atoms with Crippen LogP contribution in [-0.2, 0) is 29.6 Å². The first-order valence-electron chi connectivity index (χ1n) is 10.2. The zero-order chi connectivity index (χ0) is 21.8. The fourth-order valence-electron chi connectivity index (χ4n) is 5.28. The molecule has 166 valence electrons. The third-order valence-corrected chi connectivity index (χ3v) is 10.6. The molecule has 8 nitrogen and oxygen atoms in total. The molecule has 2 aliphatic carbocycles. The van der Waals surface area contributed by atoms with Gasteiger partial charge in [-0.2, -0.15) is 4.31 Å². The maximum Gasteiger partial charge on any atom is 0.243 e. The van der Waals surface area contributed by atoms with Gasteiger partial charge in [0.05, 0.1) is 29.3 Å². The molecule has 2 saturated carbocycles. The van der Waals surface area contributed by atoms with Crippen LogP contribution in [0.15, 0.2) is 29.2 Å². The Morgan fingerprint density at radius 1 is 1.10 bits per heavy atom. The molecule has 3 fully saturated rings. The molecule has 0 spiro atoms. The zero-order valence-electron chi connectivity index (χ0n) is 17.3. The Morgan fingerprint density at radius 2 is 1.73 bits per heavy atom. The first-order chi connectivity index (χ1) is 14.0. The minimum Gasteiger partial charge on any atom is -0.379 e. The number of hydrogen-bond acceptors (Lipinski definition) is 6. The summed E-state index contributed by atoms with van der Waals surface area (Å²) in [5, 5.41) is 0. The van der Waals surface area contributed by atoms with E-state index in [1.165, 1.54) is 28.6 Å². The van der Waals surface area contributed by atoms with Gasteiger partial charge in [-0.1, -0.05) is 13.8 Å².